The van der Waals surface area contributed by atoms with Crippen LogP contribution in [-0.4, -0.2) is 19.8 Å². The summed E-state index contributed by atoms with van der Waals surface area (Å²) in [5.74, 6) is 0.335. The van der Waals surface area contributed by atoms with Crippen molar-refractivity contribution in [2.45, 2.75) is 0 Å². The third-order valence-electron chi connectivity index (χ3n) is 4.32. The first kappa shape index (κ1) is 13.0. The number of hydrogen-bond donors (Lipinski definition) is 1. The summed E-state index contributed by atoms with van der Waals surface area (Å²) >= 11 is 0. The minimum Gasteiger partial charge on any atom is -0.379 e. The molecule has 0 bridgehead atoms. The zero-order chi connectivity index (χ0) is 16.1. The topological polar surface area (TPSA) is 69.1 Å². The molecule has 0 spiro atoms. The normalized spacial score (nSPS) is 11.5. The van der Waals surface area contributed by atoms with Gasteiger partial charge in [-0.25, -0.2) is 4.98 Å². The van der Waals surface area contributed by atoms with Crippen LogP contribution < -0.4 is 5.73 Å². The number of rotatable bonds is 1. The van der Waals surface area contributed by atoms with Crippen LogP contribution in [0.25, 0.3) is 38.6 Å². The molecular weight excluding hydrogens is 298 g/mol. The van der Waals surface area contributed by atoms with E-state index in [4.69, 9.17) is 10.7 Å². The van der Waals surface area contributed by atoms with Crippen molar-refractivity contribution in [1.82, 2.24) is 19.8 Å². The maximum Gasteiger partial charge on any atom is 0.200 e. The molecule has 0 saturated carbocycles. The lowest BCUT2D eigenvalue weighted by molar-refractivity contribution is 0.878. The highest BCUT2D eigenvalue weighted by molar-refractivity contribution is 6.04. The van der Waals surface area contributed by atoms with Gasteiger partial charge in [0.1, 0.15) is 0 Å². The van der Waals surface area contributed by atoms with Crippen LogP contribution in [0.3, 0.4) is 0 Å². The molecule has 5 nitrogen and oxygen atoms in total. The van der Waals surface area contributed by atoms with Gasteiger partial charge in [0.2, 0.25) is 5.65 Å². The molecule has 5 rings (SSSR count). The van der Waals surface area contributed by atoms with E-state index in [-0.39, 0.29) is 0 Å². The molecule has 0 aliphatic carbocycles. The van der Waals surface area contributed by atoms with E-state index in [9.17, 15) is 0 Å². The maximum atomic E-state index is 5.97. The van der Waals surface area contributed by atoms with Crippen LogP contribution in [0.5, 0.6) is 0 Å². The van der Waals surface area contributed by atoms with Crippen molar-refractivity contribution in [3.8, 4) is 11.3 Å². The molecule has 114 valence electrons. The molecule has 2 N–H and O–H groups in total. The number of nitrogens with two attached hydrogens (primary N) is 1. The van der Waals surface area contributed by atoms with E-state index >= 15 is 0 Å². The van der Waals surface area contributed by atoms with Crippen molar-refractivity contribution >= 4 is 33.1 Å². The molecule has 0 atom stereocenters. The van der Waals surface area contributed by atoms with Gasteiger partial charge in [-0.2, -0.15) is 4.52 Å². The molecule has 3 aromatic carbocycles. The number of hydrogen-bond acceptors (Lipinski definition) is 4. The smallest absolute Gasteiger partial charge is 0.200 e. The van der Waals surface area contributed by atoms with E-state index in [1.807, 2.05) is 30.3 Å². The highest BCUT2D eigenvalue weighted by atomic mass is 15.4. The summed E-state index contributed by atoms with van der Waals surface area (Å²) in [6.45, 7) is 0. The van der Waals surface area contributed by atoms with Crippen molar-refractivity contribution < 1.29 is 0 Å². The molecule has 0 radical (unpaired) electrons. The van der Waals surface area contributed by atoms with E-state index in [0.717, 1.165) is 27.5 Å². The number of nitrogens with zero attached hydrogens (tertiary/aromatic N) is 4. The summed E-state index contributed by atoms with van der Waals surface area (Å²) in [6.07, 6.45) is 0. The van der Waals surface area contributed by atoms with Gasteiger partial charge in [-0.15, -0.1) is 5.10 Å². The fraction of sp³-hybridized carbons (Fsp3) is 0. The standard InChI is InChI=1S/C19H13N5/c20-18-19-21-17(14-10-5-7-12-6-1-2-8-13(12)14)15-9-3-4-11-16(15)24(19)23-22-18/h1-11H,20H2. The van der Waals surface area contributed by atoms with E-state index in [0.29, 0.717) is 11.5 Å². The molecular formula is C19H13N5. The Morgan fingerprint density at radius 1 is 0.792 bits per heavy atom. The number of nitrogen functional groups attached to an aromatic ring is 1. The van der Waals surface area contributed by atoms with Crippen molar-refractivity contribution in [1.29, 1.82) is 0 Å². The first-order valence-electron chi connectivity index (χ1n) is 7.71. The second-order valence-corrected chi connectivity index (χ2v) is 5.71. The summed E-state index contributed by atoms with van der Waals surface area (Å²) in [7, 11) is 0. The molecule has 0 aliphatic heterocycles. The summed E-state index contributed by atoms with van der Waals surface area (Å²) in [4.78, 5) is 4.80. The molecule has 0 saturated heterocycles. The van der Waals surface area contributed by atoms with Crippen LogP contribution in [0.15, 0.2) is 66.7 Å². The number of anilines is 1. The quantitative estimate of drug-likeness (QED) is 0.513. The largest absolute Gasteiger partial charge is 0.379 e. The number of benzene rings is 3. The van der Waals surface area contributed by atoms with E-state index < -0.39 is 0 Å². The Hall–Kier alpha value is -3.47. The predicted molar refractivity (Wildman–Crippen MR) is 95.6 cm³/mol. The van der Waals surface area contributed by atoms with Crippen LogP contribution in [0, 0.1) is 0 Å². The molecule has 5 aromatic rings. The number of aromatic nitrogens is 4. The summed E-state index contributed by atoms with van der Waals surface area (Å²) < 4.78 is 1.69. The van der Waals surface area contributed by atoms with Crippen LogP contribution in [0.1, 0.15) is 0 Å². The zero-order valence-electron chi connectivity index (χ0n) is 12.7. The Bertz CT molecular complexity index is 1220. The Morgan fingerprint density at radius 3 is 2.46 bits per heavy atom. The molecule has 2 aromatic heterocycles. The van der Waals surface area contributed by atoms with Gasteiger partial charge in [0.25, 0.3) is 0 Å². The monoisotopic (exact) mass is 311 g/mol. The maximum absolute atomic E-state index is 5.97. The van der Waals surface area contributed by atoms with Crippen molar-refractivity contribution in [2.24, 2.45) is 0 Å². The molecule has 0 unspecified atom stereocenters. The van der Waals surface area contributed by atoms with Crippen molar-refractivity contribution in [3.63, 3.8) is 0 Å². The summed E-state index contributed by atoms with van der Waals surface area (Å²) in [6, 6.07) is 22.6. The first-order valence-corrected chi connectivity index (χ1v) is 7.71. The molecule has 2 heterocycles. The molecule has 0 amide bonds. The Kier molecular flexibility index (Phi) is 2.58. The van der Waals surface area contributed by atoms with Crippen LogP contribution in [-0.2, 0) is 0 Å². The summed E-state index contributed by atoms with van der Waals surface area (Å²) in [5, 5.41) is 11.5. The number of para-hydroxylation sites is 1. The lowest BCUT2D eigenvalue weighted by atomic mass is 9.99. The number of fused-ring (bicyclic) bond motifs is 4. The highest BCUT2D eigenvalue weighted by Crippen LogP contribution is 2.33. The Morgan fingerprint density at radius 2 is 1.54 bits per heavy atom. The molecule has 0 fully saturated rings. The van der Waals surface area contributed by atoms with Crippen LogP contribution >= 0.6 is 0 Å². The van der Waals surface area contributed by atoms with Crippen molar-refractivity contribution in [2.75, 3.05) is 5.73 Å². The molecule has 24 heavy (non-hydrogen) atoms. The average molecular weight is 311 g/mol. The van der Waals surface area contributed by atoms with Crippen LogP contribution in [0.4, 0.5) is 5.82 Å². The third-order valence-corrected chi connectivity index (χ3v) is 4.32. The van der Waals surface area contributed by atoms with Crippen LogP contribution in [0.2, 0.25) is 0 Å². The van der Waals surface area contributed by atoms with Gasteiger partial charge in [0, 0.05) is 10.9 Å². The van der Waals surface area contributed by atoms with Crippen molar-refractivity contribution in [3.05, 3.63) is 66.7 Å². The van der Waals surface area contributed by atoms with E-state index in [2.05, 4.69) is 46.7 Å². The minimum absolute atomic E-state index is 0.335. The highest BCUT2D eigenvalue weighted by Gasteiger charge is 2.15. The van der Waals surface area contributed by atoms with Gasteiger partial charge in [-0.3, -0.25) is 0 Å². The zero-order valence-corrected chi connectivity index (χ0v) is 12.7. The Labute approximate surface area is 137 Å². The molecule has 0 aliphatic rings. The predicted octanol–water partition coefficient (Wildman–Crippen LogP) is 3.68. The fourth-order valence-corrected chi connectivity index (χ4v) is 3.22. The Balaban J connectivity index is 1.99. The lowest BCUT2D eigenvalue weighted by Crippen LogP contribution is -1.98. The van der Waals surface area contributed by atoms with Gasteiger partial charge in [-0.05, 0) is 16.8 Å². The second kappa shape index (κ2) is 4.76. The van der Waals surface area contributed by atoms with Gasteiger partial charge in [0.05, 0.1) is 11.2 Å². The summed E-state index contributed by atoms with van der Waals surface area (Å²) in [5.41, 5.74) is 9.46. The van der Waals surface area contributed by atoms with Gasteiger partial charge in [-0.1, -0.05) is 65.9 Å². The SMILES string of the molecule is Nc1nnn2c1nc(-c1cccc3ccccc13)c1ccccc12. The van der Waals surface area contributed by atoms with Gasteiger partial charge >= 0.3 is 0 Å². The first-order chi connectivity index (χ1) is 11.8. The molecule has 5 heteroatoms. The lowest BCUT2D eigenvalue weighted by Gasteiger charge is -2.10. The fourth-order valence-electron chi connectivity index (χ4n) is 3.22. The second-order valence-electron chi connectivity index (χ2n) is 5.71. The average Bonchev–Trinajstić information content (AvgIpc) is 3.02. The minimum atomic E-state index is 0.335. The van der Waals surface area contributed by atoms with E-state index in [1.165, 1.54) is 5.39 Å². The van der Waals surface area contributed by atoms with E-state index in [1.54, 1.807) is 4.52 Å². The van der Waals surface area contributed by atoms with Gasteiger partial charge in [0.15, 0.2) is 5.82 Å². The third kappa shape index (κ3) is 1.72. The van der Waals surface area contributed by atoms with Gasteiger partial charge < -0.3 is 5.73 Å².